The van der Waals surface area contributed by atoms with Gasteiger partial charge >= 0.3 is 0 Å². The van der Waals surface area contributed by atoms with Crippen molar-refractivity contribution in [3.63, 3.8) is 0 Å². The molecule has 0 bridgehead atoms. The summed E-state index contributed by atoms with van der Waals surface area (Å²) >= 11 is 0. The molecule has 0 aliphatic rings. The van der Waals surface area contributed by atoms with Crippen LogP contribution in [0, 0.1) is 6.92 Å². The zero-order valence-corrected chi connectivity index (χ0v) is 11.4. The smallest absolute Gasteiger partial charge is 0.127 e. The topological polar surface area (TPSA) is 17.1 Å². The minimum Gasteiger partial charge on any atom is -0.303 e. The van der Waals surface area contributed by atoms with Crippen LogP contribution in [0.1, 0.15) is 35.1 Å². The molecule has 19 heavy (non-hydrogen) atoms. The van der Waals surface area contributed by atoms with Crippen molar-refractivity contribution in [1.29, 1.82) is 0 Å². The Labute approximate surface area is 114 Å². The standard InChI is InChI=1S/C18H18O/c1-13-4-6-17(7-5-13)15(3)18-10-8-16(9-11-18)14(2)12-19/h4-12,14H,3H2,1-2H3. The summed E-state index contributed by atoms with van der Waals surface area (Å²) in [5.74, 6) is -0.0540. The van der Waals surface area contributed by atoms with Gasteiger partial charge in [0.1, 0.15) is 6.29 Å². The Morgan fingerprint density at radius 1 is 1.00 bits per heavy atom. The summed E-state index contributed by atoms with van der Waals surface area (Å²) in [7, 11) is 0. The van der Waals surface area contributed by atoms with E-state index in [-0.39, 0.29) is 5.92 Å². The summed E-state index contributed by atoms with van der Waals surface area (Å²) in [4.78, 5) is 10.8. The van der Waals surface area contributed by atoms with E-state index in [1.807, 2.05) is 31.2 Å². The van der Waals surface area contributed by atoms with E-state index in [4.69, 9.17) is 0 Å². The summed E-state index contributed by atoms with van der Waals surface area (Å²) < 4.78 is 0. The molecule has 0 fully saturated rings. The molecule has 1 atom stereocenters. The number of carbonyl (C=O) groups is 1. The maximum Gasteiger partial charge on any atom is 0.127 e. The first-order chi connectivity index (χ1) is 9.11. The minimum absolute atomic E-state index is 0.0540. The number of hydrogen-bond donors (Lipinski definition) is 0. The van der Waals surface area contributed by atoms with Crippen molar-refractivity contribution >= 4 is 11.9 Å². The van der Waals surface area contributed by atoms with Crippen LogP contribution < -0.4 is 0 Å². The van der Waals surface area contributed by atoms with Gasteiger partial charge in [0.25, 0.3) is 0 Å². The molecule has 0 aliphatic carbocycles. The van der Waals surface area contributed by atoms with Crippen LogP contribution in [-0.2, 0) is 4.79 Å². The van der Waals surface area contributed by atoms with E-state index in [9.17, 15) is 4.79 Å². The molecule has 2 rings (SSSR count). The molecule has 0 spiro atoms. The van der Waals surface area contributed by atoms with E-state index >= 15 is 0 Å². The molecule has 1 heteroatoms. The molecule has 1 unspecified atom stereocenters. The molecule has 0 heterocycles. The third-order valence-corrected chi connectivity index (χ3v) is 3.39. The molecule has 1 nitrogen and oxygen atoms in total. The summed E-state index contributed by atoms with van der Waals surface area (Å²) in [5, 5.41) is 0. The normalized spacial score (nSPS) is 11.9. The van der Waals surface area contributed by atoms with E-state index in [1.165, 1.54) is 5.56 Å². The van der Waals surface area contributed by atoms with Crippen molar-refractivity contribution in [1.82, 2.24) is 0 Å². The third kappa shape index (κ3) is 3.00. The van der Waals surface area contributed by atoms with E-state index < -0.39 is 0 Å². The second-order valence-corrected chi connectivity index (χ2v) is 4.89. The Bertz CT molecular complexity index is 576. The number of carbonyl (C=O) groups excluding carboxylic acids is 1. The van der Waals surface area contributed by atoms with Crippen LogP contribution in [0.25, 0.3) is 5.57 Å². The fourth-order valence-electron chi connectivity index (χ4n) is 1.99. The van der Waals surface area contributed by atoms with Crippen LogP contribution in [0.4, 0.5) is 0 Å². The van der Waals surface area contributed by atoms with Gasteiger partial charge in [-0.05, 0) is 29.2 Å². The zero-order valence-electron chi connectivity index (χ0n) is 11.4. The third-order valence-electron chi connectivity index (χ3n) is 3.39. The van der Waals surface area contributed by atoms with Crippen LogP contribution in [-0.4, -0.2) is 6.29 Å². The highest BCUT2D eigenvalue weighted by atomic mass is 16.1. The average molecular weight is 250 g/mol. The summed E-state index contributed by atoms with van der Waals surface area (Å²) in [6.45, 7) is 8.12. The van der Waals surface area contributed by atoms with Crippen LogP contribution in [0.5, 0.6) is 0 Å². The molecule has 0 saturated heterocycles. The molecular weight excluding hydrogens is 232 g/mol. The monoisotopic (exact) mass is 250 g/mol. The Kier molecular flexibility index (Phi) is 3.96. The van der Waals surface area contributed by atoms with Gasteiger partial charge in [0, 0.05) is 5.92 Å². The maximum atomic E-state index is 10.8. The van der Waals surface area contributed by atoms with Gasteiger partial charge in [-0.2, -0.15) is 0 Å². The Morgan fingerprint density at radius 2 is 1.47 bits per heavy atom. The highest BCUT2D eigenvalue weighted by Gasteiger charge is 2.05. The van der Waals surface area contributed by atoms with Crippen LogP contribution in [0.3, 0.4) is 0 Å². The van der Waals surface area contributed by atoms with Crippen molar-refractivity contribution in [3.05, 3.63) is 77.4 Å². The number of hydrogen-bond acceptors (Lipinski definition) is 1. The predicted molar refractivity (Wildman–Crippen MR) is 80.2 cm³/mol. The van der Waals surface area contributed by atoms with E-state index in [1.54, 1.807) is 0 Å². The molecular formula is C18H18O. The summed E-state index contributed by atoms with van der Waals surface area (Å²) in [5.41, 5.74) is 5.50. The number of rotatable bonds is 4. The first kappa shape index (κ1) is 13.3. The molecule has 0 amide bonds. The predicted octanol–water partition coefficient (Wildman–Crippen LogP) is 4.36. The highest BCUT2D eigenvalue weighted by Crippen LogP contribution is 2.23. The van der Waals surface area contributed by atoms with Crippen LogP contribution in [0.15, 0.2) is 55.1 Å². The number of aryl methyl sites for hydroxylation is 1. The maximum absolute atomic E-state index is 10.8. The molecule has 2 aromatic rings. The van der Waals surface area contributed by atoms with Gasteiger partial charge in [-0.15, -0.1) is 0 Å². The van der Waals surface area contributed by atoms with Crippen molar-refractivity contribution in [2.45, 2.75) is 19.8 Å². The van der Waals surface area contributed by atoms with Gasteiger partial charge < -0.3 is 4.79 Å². The first-order valence-electron chi connectivity index (χ1n) is 6.43. The molecule has 96 valence electrons. The lowest BCUT2D eigenvalue weighted by Crippen LogP contribution is -1.94. The lowest BCUT2D eigenvalue weighted by atomic mass is 9.95. The zero-order chi connectivity index (χ0) is 13.8. The number of aldehydes is 1. The Hall–Kier alpha value is -2.15. The van der Waals surface area contributed by atoms with Gasteiger partial charge in [0.15, 0.2) is 0 Å². The molecule has 0 aromatic heterocycles. The second-order valence-electron chi connectivity index (χ2n) is 4.89. The lowest BCUT2D eigenvalue weighted by molar-refractivity contribution is -0.108. The Balaban J connectivity index is 2.24. The first-order valence-corrected chi connectivity index (χ1v) is 6.43. The van der Waals surface area contributed by atoms with E-state index in [0.29, 0.717) is 0 Å². The summed E-state index contributed by atoms with van der Waals surface area (Å²) in [6.07, 6.45) is 0.962. The van der Waals surface area contributed by atoms with Crippen LogP contribution >= 0.6 is 0 Å². The average Bonchev–Trinajstić information content (AvgIpc) is 2.46. The fourth-order valence-corrected chi connectivity index (χ4v) is 1.99. The van der Waals surface area contributed by atoms with Gasteiger partial charge in [-0.1, -0.05) is 67.6 Å². The number of benzene rings is 2. The quantitative estimate of drug-likeness (QED) is 0.737. The van der Waals surface area contributed by atoms with E-state index in [2.05, 4.69) is 37.8 Å². The van der Waals surface area contributed by atoms with Crippen molar-refractivity contribution in [3.8, 4) is 0 Å². The van der Waals surface area contributed by atoms with Gasteiger partial charge in [-0.3, -0.25) is 0 Å². The summed E-state index contributed by atoms with van der Waals surface area (Å²) in [6, 6.07) is 16.4. The minimum atomic E-state index is -0.0540. The largest absolute Gasteiger partial charge is 0.303 e. The fraction of sp³-hybridized carbons (Fsp3) is 0.167. The molecule has 0 saturated carbocycles. The van der Waals surface area contributed by atoms with Crippen molar-refractivity contribution in [2.75, 3.05) is 0 Å². The van der Waals surface area contributed by atoms with Gasteiger partial charge in [0.2, 0.25) is 0 Å². The molecule has 0 aliphatic heterocycles. The second kappa shape index (κ2) is 5.66. The van der Waals surface area contributed by atoms with Gasteiger partial charge in [-0.25, -0.2) is 0 Å². The van der Waals surface area contributed by atoms with Gasteiger partial charge in [0.05, 0.1) is 0 Å². The van der Waals surface area contributed by atoms with Crippen molar-refractivity contribution in [2.24, 2.45) is 0 Å². The molecule has 0 radical (unpaired) electrons. The SMILES string of the molecule is C=C(c1ccc(C)cc1)c1ccc(C(C)C=O)cc1. The highest BCUT2D eigenvalue weighted by molar-refractivity contribution is 5.78. The molecule has 0 N–H and O–H groups in total. The van der Waals surface area contributed by atoms with Crippen molar-refractivity contribution < 1.29 is 4.79 Å². The molecule has 2 aromatic carbocycles. The Morgan fingerprint density at radius 3 is 1.95 bits per heavy atom. The van der Waals surface area contributed by atoms with Crippen LogP contribution in [0.2, 0.25) is 0 Å². The lowest BCUT2D eigenvalue weighted by Gasteiger charge is -2.09. The van der Waals surface area contributed by atoms with E-state index in [0.717, 1.165) is 28.5 Å².